The zero-order valence-corrected chi connectivity index (χ0v) is 15.6. The lowest BCUT2D eigenvalue weighted by Crippen LogP contribution is -2.42. The van der Waals surface area contributed by atoms with Gasteiger partial charge in [-0.1, -0.05) is 42.5 Å². The van der Waals surface area contributed by atoms with Gasteiger partial charge in [0.25, 0.3) is 5.91 Å². The molecule has 1 fully saturated rings. The van der Waals surface area contributed by atoms with Crippen molar-refractivity contribution in [3.63, 3.8) is 0 Å². The molecule has 1 aliphatic rings. The van der Waals surface area contributed by atoms with Crippen molar-refractivity contribution in [2.45, 2.75) is 37.3 Å². The van der Waals surface area contributed by atoms with Gasteiger partial charge in [0.2, 0.25) is 0 Å². The highest BCUT2D eigenvalue weighted by Crippen LogP contribution is 2.47. The van der Waals surface area contributed by atoms with Gasteiger partial charge in [0.05, 0.1) is 17.5 Å². The first-order chi connectivity index (χ1) is 12.5. The fourth-order valence-corrected chi connectivity index (χ4v) is 3.58. The smallest absolute Gasteiger partial charge is 0.251 e. The van der Waals surface area contributed by atoms with E-state index in [9.17, 15) is 10.1 Å². The molecule has 0 spiro atoms. The highest BCUT2D eigenvalue weighted by atomic mass is 16.1. The number of benzene rings is 2. The SMILES string of the molecule is C[C@@H](NC(=O)c1ccc(C2(C#N)CC2)cc1)[C@@H](c1ccccc1)N(C)C. The van der Waals surface area contributed by atoms with Crippen molar-refractivity contribution in [2.24, 2.45) is 0 Å². The Labute approximate surface area is 155 Å². The molecule has 26 heavy (non-hydrogen) atoms. The minimum atomic E-state index is -0.314. The standard InChI is InChI=1S/C22H25N3O/c1-16(20(25(2)3)17-7-5-4-6-8-17)24-21(26)18-9-11-19(12-10-18)22(15-23)13-14-22/h4-12,16,20H,13-14H2,1-3H3,(H,24,26)/t16-,20+/m1/s1. The number of rotatable bonds is 6. The van der Waals surface area contributed by atoms with Crippen molar-refractivity contribution in [1.29, 1.82) is 5.26 Å². The molecule has 134 valence electrons. The van der Waals surface area contributed by atoms with Gasteiger partial charge in [0.15, 0.2) is 0 Å². The highest BCUT2D eigenvalue weighted by molar-refractivity contribution is 5.94. The van der Waals surface area contributed by atoms with Crippen molar-refractivity contribution in [3.8, 4) is 6.07 Å². The largest absolute Gasteiger partial charge is 0.348 e. The number of amides is 1. The van der Waals surface area contributed by atoms with Crippen molar-refractivity contribution >= 4 is 5.91 Å². The molecule has 3 rings (SSSR count). The normalized spacial score (nSPS) is 17.2. The number of likely N-dealkylation sites (N-methyl/N-ethyl adjacent to an activating group) is 1. The molecule has 0 aromatic heterocycles. The summed E-state index contributed by atoms with van der Waals surface area (Å²) in [7, 11) is 4.04. The predicted molar refractivity (Wildman–Crippen MR) is 103 cm³/mol. The minimum absolute atomic E-state index is 0.0477. The van der Waals surface area contributed by atoms with Crippen molar-refractivity contribution in [3.05, 3.63) is 71.3 Å². The molecule has 0 unspecified atom stereocenters. The van der Waals surface area contributed by atoms with Crippen molar-refractivity contribution in [2.75, 3.05) is 14.1 Å². The molecule has 4 nitrogen and oxygen atoms in total. The van der Waals surface area contributed by atoms with E-state index < -0.39 is 0 Å². The van der Waals surface area contributed by atoms with E-state index in [-0.39, 0.29) is 23.4 Å². The first kappa shape index (κ1) is 18.2. The molecular weight excluding hydrogens is 322 g/mol. The van der Waals surface area contributed by atoms with Gasteiger partial charge in [-0.25, -0.2) is 0 Å². The Balaban J connectivity index is 1.71. The zero-order valence-electron chi connectivity index (χ0n) is 15.6. The van der Waals surface area contributed by atoms with E-state index >= 15 is 0 Å². The Morgan fingerprint density at radius 1 is 1.12 bits per heavy atom. The van der Waals surface area contributed by atoms with Gasteiger partial charge in [-0.3, -0.25) is 4.79 Å². The summed E-state index contributed by atoms with van der Waals surface area (Å²) in [5.74, 6) is -0.0892. The van der Waals surface area contributed by atoms with Crippen LogP contribution in [0.4, 0.5) is 0 Å². The summed E-state index contributed by atoms with van der Waals surface area (Å²) in [6.07, 6.45) is 1.82. The van der Waals surface area contributed by atoms with Gasteiger partial charge in [-0.2, -0.15) is 5.26 Å². The van der Waals surface area contributed by atoms with Crippen LogP contribution in [0, 0.1) is 11.3 Å². The first-order valence-electron chi connectivity index (χ1n) is 9.01. The van der Waals surface area contributed by atoms with Crippen LogP contribution < -0.4 is 5.32 Å². The predicted octanol–water partition coefficient (Wildman–Crippen LogP) is 3.66. The molecule has 2 aromatic carbocycles. The molecule has 0 saturated heterocycles. The number of nitrogens with zero attached hydrogens (tertiary/aromatic N) is 2. The van der Waals surface area contributed by atoms with Crippen LogP contribution in [0.25, 0.3) is 0 Å². The van der Waals surface area contributed by atoms with Gasteiger partial charge in [0.1, 0.15) is 0 Å². The molecule has 1 amide bonds. The highest BCUT2D eigenvalue weighted by Gasteiger charge is 2.44. The van der Waals surface area contributed by atoms with Crippen LogP contribution in [0.5, 0.6) is 0 Å². The Morgan fingerprint density at radius 3 is 2.23 bits per heavy atom. The Bertz CT molecular complexity index is 802. The van der Waals surface area contributed by atoms with E-state index in [1.54, 1.807) is 0 Å². The monoisotopic (exact) mass is 347 g/mol. The second kappa shape index (κ2) is 7.31. The third-order valence-corrected chi connectivity index (χ3v) is 5.19. The first-order valence-corrected chi connectivity index (χ1v) is 9.01. The number of nitriles is 1. The van der Waals surface area contributed by atoms with Gasteiger partial charge in [-0.05, 0) is 57.1 Å². The summed E-state index contributed by atoms with van der Waals surface area (Å²) in [5.41, 5.74) is 2.50. The van der Waals surface area contributed by atoms with Crippen LogP contribution in [0.15, 0.2) is 54.6 Å². The molecule has 2 aromatic rings. The lowest BCUT2D eigenvalue weighted by Gasteiger charge is -2.31. The molecular formula is C22H25N3O. The van der Waals surface area contributed by atoms with Crippen LogP contribution in [0.3, 0.4) is 0 Å². The topological polar surface area (TPSA) is 56.1 Å². The van der Waals surface area contributed by atoms with E-state index in [0.717, 1.165) is 18.4 Å². The molecule has 0 radical (unpaired) electrons. The van der Waals surface area contributed by atoms with Crippen LogP contribution in [0.2, 0.25) is 0 Å². The van der Waals surface area contributed by atoms with Crippen molar-refractivity contribution < 1.29 is 4.79 Å². The van der Waals surface area contributed by atoms with E-state index in [1.807, 2.05) is 63.5 Å². The molecule has 0 bridgehead atoms. The maximum Gasteiger partial charge on any atom is 0.251 e. The summed E-state index contributed by atoms with van der Waals surface area (Å²) < 4.78 is 0. The molecule has 1 saturated carbocycles. The fourth-order valence-electron chi connectivity index (χ4n) is 3.58. The summed E-state index contributed by atoms with van der Waals surface area (Å²) in [4.78, 5) is 14.8. The number of nitrogens with one attached hydrogen (secondary N) is 1. The Morgan fingerprint density at radius 2 is 1.73 bits per heavy atom. The molecule has 0 aliphatic heterocycles. The van der Waals surface area contributed by atoms with Crippen LogP contribution >= 0.6 is 0 Å². The lowest BCUT2D eigenvalue weighted by molar-refractivity contribution is 0.0915. The van der Waals surface area contributed by atoms with Crippen LogP contribution in [0.1, 0.15) is 47.3 Å². The van der Waals surface area contributed by atoms with E-state index in [0.29, 0.717) is 5.56 Å². The number of hydrogen-bond acceptors (Lipinski definition) is 3. The third-order valence-electron chi connectivity index (χ3n) is 5.19. The van der Waals surface area contributed by atoms with Crippen LogP contribution in [-0.2, 0) is 5.41 Å². The Hall–Kier alpha value is -2.64. The quantitative estimate of drug-likeness (QED) is 0.867. The van der Waals surface area contributed by atoms with Gasteiger partial charge in [-0.15, -0.1) is 0 Å². The van der Waals surface area contributed by atoms with Gasteiger partial charge in [0, 0.05) is 11.6 Å². The summed E-state index contributed by atoms with van der Waals surface area (Å²) in [5, 5.41) is 12.4. The summed E-state index contributed by atoms with van der Waals surface area (Å²) in [6, 6.07) is 20.1. The maximum absolute atomic E-state index is 12.7. The van der Waals surface area contributed by atoms with Gasteiger partial charge < -0.3 is 10.2 Å². The maximum atomic E-state index is 12.7. The number of carbonyl (C=O) groups is 1. The number of hydrogen-bond donors (Lipinski definition) is 1. The Kier molecular flexibility index (Phi) is 5.11. The second-order valence-corrected chi connectivity index (χ2v) is 7.35. The lowest BCUT2D eigenvalue weighted by atomic mass is 9.96. The summed E-state index contributed by atoms with van der Waals surface area (Å²) in [6.45, 7) is 2.03. The van der Waals surface area contributed by atoms with Crippen LogP contribution in [-0.4, -0.2) is 30.9 Å². The van der Waals surface area contributed by atoms with E-state index in [2.05, 4.69) is 28.4 Å². The number of carbonyl (C=O) groups excluding carboxylic acids is 1. The molecule has 1 N–H and O–H groups in total. The molecule has 1 aliphatic carbocycles. The van der Waals surface area contributed by atoms with E-state index in [1.165, 1.54) is 5.56 Å². The van der Waals surface area contributed by atoms with Crippen molar-refractivity contribution in [1.82, 2.24) is 10.2 Å². The van der Waals surface area contributed by atoms with Gasteiger partial charge >= 0.3 is 0 Å². The average Bonchev–Trinajstić information content (AvgIpc) is 3.44. The molecule has 2 atom stereocenters. The molecule has 4 heteroatoms. The van der Waals surface area contributed by atoms with E-state index in [4.69, 9.17) is 0 Å². The average molecular weight is 347 g/mol. The fraction of sp³-hybridized carbons (Fsp3) is 0.364. The third kappa shape index (κ3) is 3.63. The minimum Gasteiger partial charge on any atom is -0.348 e. The second-order valence-electron chi connectivity index (χ2n) is 7.35. The summed E-state index contributed by atoms with van der Waals surface area (Å²) >= 11 is 0. The zero-order chi connectivity index (χ0) is 18.7. The molecule has 0 heterocycles.